The first-order valence-electron chi connectivity index (χ1n) is 6.31. The lowest BCUT2D eigenvalue weighted by molar-refractivity contribution is -0.148. The Hall–Kier alpha value is -2.35. The summed E-state index contributed by atoms with van der Waals surface area (Å²) in [4.78, 5) is 22.8. The van der Waals surface area contributed by atoms with Crippen LogP contribution in [0.4, 0.5) is 0 Å². The van der Waals surface area contributed by atoms with E-state index >= 15 is 0 Å². The van der Waals surface area contributed by atoms with Gasteiger partial charge in [-0.25, -0.2) is 4.79 Å². The van der Waals surface area contributed by atoms with Gasteiger partial charge in [0.1, 0.15) is 12.0 Å². The number of esters is 1. The van der Waals surface area contributed by atoms with E-state index in [2.05, 4.69) is 0 Å². The van der Waals surface area contributed by atoms with Gasteiger partial charge >= 0.3 is 5.97 Å². The number of benzene rings is 1. The van der Waals surface area contributed by atoms with Gasteiger partial charge in [0.15, 0.2) is 5.41 Å². The molecule has 0 aliphatic heterocycles. The minimum absolute atomic E-state index is 0.0954. The van der Waals surface area contributed by atoms with Gasteiger partial charge in [0.05, 0.1) is 19.8 Å². The number of aldehydes is 1. The number of hydrogen-bond acceptors (Lipinski definition) is 5. The predicted molar refractivity (Wildman–Crippen MR) is 72.2 cm³/mol. The van der Waals surface area contributed by atoms with Crippen molar-refractivity contribution < 1.29 is 19.1 Å². The summed E-state index contributed by atoms with van der Waals surface area (Å²) in [7, 11) is 1.53. The van der Waals surface area contributed by atoms with Gasteiger partial charge in [-0.2, -0.15) is 5.26 Å². The lowest BCUT2D eigenvalue weighted by atomic mass is 9.78. The van der Waals surface area contributed by atoms with E-state index < -0.39 is 11.4 Å². The zero-order valence-electron chi connectivity index (χ0n) is 11.6. The van der Waals surface area contributed by atoms with Crippen molar-refractivity contribution in [1.82, 2.24) is 0 Å². The number of rotatable bonds is 7. The van der Waals surface area contributed by atoms with E-state index in [9.17, 15) is 14.9 Å². The van der Waals surface area contributed by atoms with Crippen molar-refractivity contribution in [3.8, 4) is 11.8 Å². The molecule has 1 unspecified atom stereocenters. The number of nitriles is 1. The van der Waals surface area contributed by atoms with Crippen molar-refractivity contribution in [1.29, 1.82) is 5.26 Å². The number of carbonyl (C=O) groups excluding carboxylic acids is 2. The number of nitrogens with zero attached hydrogens (tertiary/aromatic N) is 1. The highest BCUT2D eigenvalue weighted by atomic mass is 16.5. The molecule has 0 radical (unpaired) electrons. The van der Waals surface area contributed by atoms with Gasteiger partial charge in [0.2, 0.25) is 0 Å². The van der Waals surface area contributed by atoms with E-state index in [1.807, 2.05) is 6.07 Å². The van der Waals surface area contributed by atoms with Crippen LogP contribution in [0.25, 0.3) is 0 Å². The fourth-order valence-electron chi connectivity index (χ4n) is 1.94. The Kier molecular flexibility index (Phi) is 5.73. The van der Waals surface area contributed by atoms with Gasteiger partial charge in [-0.05, 0) is 31.0 Å². The Labute approximate surface area is 118 Å². The monoisotopic (exact) mass is 275 g/mol. The van der Waals surface area contributed by atoms with Crippen LogP contribution in [0.2, 0.25) is 0 Å². The first-order chi connectivity index (χ1) is 9.64. The smallest absolute Gasteiger partial charge is 0.331 e. The second-order valence-electron chi connectivity index (χ2n) is 4.17. The molecule has 0 bridgehead atoms. The van der Waals surface area contributed by atoms with E-state index in [4.69, 9.17) is 9.47 Å². The van der Waals surface area contributed by atoms with E-state index in [1.54, 1.807) is 31.2 Å². The first-order valence-corrected chi connectivity index (χ1v) is 6.31. The Morgan fingerprint density at radius 1 is 1.40 bits per heavy atom. The molecule has 0 saturated carbocycles. The lowest BCUT2D eigenvalue weighted by Gasteiger charge is -2.24. The van der Waals surface area contributed by atoms with Gasteiger partial charge in [0, 0.05) is 6.42 Å². The van der Waals surface area contributed by atoms with Crippen LogP contribution in [0.3, 0.4) is 0 Å². The van der Waals surface area contributed by atoms with Gasteiger partial charge in [0.25, 0.3) is 0 Å². The molecule has 0 amide bonds. The second kappa shape index (κ2) is 7.29. The highest BCUT2D eigenvalue weighted by Crippen LogP contribution is 2.31. The molecule has 0 aliphatic carbocycles. The quantitative estimate of drug-likeness (QED) is 0.562. The van der Waals surface area contributed by atoms with Crippen molar-refractivity contribution in [3.05, 3.63) is 29.8 Å². The Morgan fingerprint density at radius 3 is 2.50 bits per heavy atom. The fraction of sp³-hybridized carbons (Fsp3) is 0.400. The molecule has 5 heteroatoms. The summed E-state index contributed by atoms with van der Waals surface area (Å²) in [5.41, 5.74) is -0.954. The molecule has 0 fully saturated rings. The molecule has 1 aromatic carbocycles. The summed E-state index contributed by atoms with van der Waals surface area (Å²) in [6, 6.07) is 8.64. The molecule has 0 spiro atoms. The van der Waals surface area contributed by atoms with Crippen LogP contribution in [0, 0.1) is 11.3 Å². The fourth-order valence-corrected chi connectivity index (χ4v) is 1.94. The highest BCUT2D eigenvalue weighted by molar-refractivity contribution is 5.87. The SMILES string of the molecule is CCOC(=O)C(C#N)(CCC=O)c1ccc(OC)cc1. The van der Waals surface area contributed by atoms with Crippen LogP contribution in [0.15, 0.2) is 24.3 Å². The van der Waals surface area contributed by atoms with Crippen molar-refractivity contribution in [2.45, 2.75) is 25.2 Å². The second-order valence-corrected chi connectivity index (χ2v) is 4.17. The van der Waals surface area contributed by atoms with Gasteiger partial charge in [-0.3, -0.25) is 0 Å². The van der Waals surface area contributed by atoms with E-state index in [1.165, 1.54) is 7.11 Å². The molecule has 0 aromatic heterocycles. The summed E-state index contributed by atoms with van der Waals surface area (Å²) in [6.07, 6.45) is 0.894. The van der Waals surface area contributed by atoms with E-state index in [0.29, 0.717) is 17.6 Å². The third-order valence-corrected chi connectivity index (χ3v) is 3.03. The summed E-state index contributed by atoms with van der Waals surface area (Å²) in [5, 5.41) is 9.48. The molecule has 1 aromatic rings. The van der Waals surface area contributed by atoms with Crippen LogP contribution < -0.4 is 4.74 Å². The van der Waals surface area contributed by atoms with Crippen LogP contribution >= 0.6 is 0 Å². The molecule has 0 saturated heterocycles. The maximum absolute atomic E-state index is 12.2. The number of ether oxygens (including phenoxy) is 2. The van der Waals surface area contributed by atoms with Crippen LogP contribution in [-0.4, -0.2) is 26.0 Å². The molecule has 1 atom stereocenters. The topological polar surface area (TPSA) is 76.4 Å². The normalized spacial score (nSPS) is 12.8. The van der Waals surface area contributed by atoms with Crippen molar-refractivity contribution in [2.24, 2.45) is 0 Å². The Morgan fingerprint density at radius 2 is 2.05 bits per heavy atom. The molecular formula is C15H17NO4. The van der Waals surface area contributed by atoms with Gasteiger partial charge < -0.3 is 14.3 Å². The zero-order valence-corrected chi connectivity index (χ0v) is 11.6. The molecule has 1 rings (SSSR count). The minimum Gasteiger partial charge on any atom is -0.497 e. The Balaban J connectivity index is 3.22. The van der Waals surface area contributed by atoms with Gasteiger partial charge in [-0.15, -0.1) is 0 Å². The maximum atomic E-state index is 12.2. The zero-order chi connectivity index (χ0) is 15.0. The summed E-state index contributed by atoms with van der Waals surface area (Å²) < 4.78 is 10.0. The summed E-state index contributed by atoms with van der Waals surface area (Å²) in [6.45, 7) is 1.85. The minimum atomic E-state index is -1.46. The van der Waals surface area contributed by atoms with E-state index in [-0.39, 0.29) is 19.4 Å². The molecule has 5 nitrogen and oxygen atoms in total. The molecule has 20 heavy (non-hydrogen) atoms. The predicted octanol–water partition coefficient (Wildman–Crippen LogP) is 2.00. The molecule has 0 N–H and O–H groups in total. The maximum Gasteiger partial charge on any atom is 0.331 e. The molecule has 106 valence electrons. The molecule has 0 aliphatic rings. The van der Waals surface area contributed by atoms with Gasteiger partial charge in [-0.1, -0.05) is 12.1 Å². The third kappa shape index (κ3) is 3.15. The highest BCUT2D eigenvalue weighted by Gasteiger charge is 2.41. The summed E-state index contributed by atoms with van der Waals surface area (Å²) in [5.74, 6) is -0.00523. The van der Waals surface area contributed by atoms with Crippen molar-refractivity contribution >= 4 is 12.3 Å². The number of carbonyl (C=O) groups is 2. The average Bonchev–Trinajstić information content (AvgIpc) is 2.49. The van der Waals surface area contributed by atoms with Crippen molar-refractivity contribution in [2.75, 3.05) is 13.7 Å². The first kappa shape index (κ1) is 15.7. The van der Waals surface area contributed by atoms with Crippen LogP contribution in [0.5, 0.6) is 5.75 Å². The molecular weight excluding hydrogens is 258 g/mol. The Bertz CT molecular complexity index is 504. The lowest BCUT2D eigenvalue weighted by Crippen LogP contribution is -2.36. The largest absolute Gasteiger partial charge is 0.497 e. The summed E-state index contributed by atoms with van der Waals surface area (Å²) >= 11 is 0. The third-order valence-electron chi connectivity index (χ3n) is 3.03. The van der Waals surface area contributed by atoms with E-state index in [0.717, 1.165) is 0 Å². The number of methoxy groups -OCH3 is 1. The number of hydrogen-bond donors (Lipinski definition) is 0. The van der Waals surface area contributed by atoms with Crippen LogP contribution in [0.1, 0.15) is 25.3 Å². The standard InChI is InChI=1S/C15H17NO4/c1-3-20-14(18)15(11-16,9-4-10-17)12-5-7-13(19-2)8-6-12/h5-8,10H,3-4,9H2,1-2H3. The van der Waals surface area contributed by atoms with Crippen LogP contribution in [-0.2, 0) is 19.7 Å². The van der Waals surface area contributed by atoms with Crippen molar-refractivity contribution in [3.63, 3.8) is 0 Å². The molecule has 0 heterocycles. The average molecular weight is 275 g/mol.